The molecule has 29 heavy (non-hydrogen) atoms. The predicted molar refractivity (Wildman–Crippen MR) is 114 cm³/mol. The van der Waals surface area contributed by atoms with Crippen molar-refractivity contribution in [3.63, 3.8) is 0 Å². The predicted octanol–water partition coefficient (Wildman–Crippen LogP) is 3.92. The van der Waals surface area contributed by atoms with Crippen LogP contribution in [-0.2, 0) is 6.54 Å². The first kappa shape index (κ1) is 17.8. The van der Waals surface area contributed by atoms with E-state index in [1.54, 1.807) is 12.4 Å². The minimum atomic E-state index is 0.696. The largest absolute Gasteiger partial charge is 0.441 e. The SMILES string of the molecule is Cc1oc(-c2ccc3ccccc3c2)nc1CN1CCN(c2cnccn2)CC1. The molecule has 0 saturated carbocycles. The Hall–Kier alpha value is -3.25. The van der Waals surface area contributed by atoms with Gasteiger partial charge in [0.15, 0.2) is 0 Å². The minimum Gasteiger partial charge on any atom is -0.441 e. The van der Waals surface area contributed by atoms with Crippen LogP contribution in [0.2, 0.25) is 0 Å². The summed E-state index contributed by atoms with van der Waals surface area (Å²) >= 11 is 0. The third-order valence-corrected chi connectivity index (χ3v) is 5.51. The molecule has 4 aromatic rings. The molecule has 1 aliphatic heterocycles. The summed E-state index contributed by atoms with van der Waals surface area (Å²) in [6, 6.07) is 14.7. The second kappa shape index (κ2) is 7.64. The van der Waals surface area contributed by atoms with Gasteiger partial charge in [-0.1, -0.05) is 30.3 Å². The fourth-order valence-electron chi connectivity index (χ4n) is 3.82. The maximum Gasteiger partial charge on any atom is 0.226 e. The van der Waals surface area contributed by atoms with Crippen LogP contribution in [-0.4, -0.2) is 46.0 Å². The third kappa shape index (κ3) is 3.71. The van der Waals surface area contributed by atoms with Crippen LogP contribution in [0.25, 0.3) is 22.2 Å². The number of hydrogen-bond donors (Lipinski definition) is 0. The maximum absolute atomic E-state index is 6.02. The first-order valence-corrected chi connectivity index (χ1v) is 9.95. The lowest BCUT2D eigenvalue weighted by molar-refractivity contribution is 0.245. The number of piperazine rings is 1. The molecule has 0 unspecified atom stereocenters. The minimum absolute atomic E-state index is 0.696. The van der Waals surface area contributed by atoms with Crippen LogP contribution in [0.4, 0.5) is 5.82 Å². The van der Waals surface area contributed by atoms with Gasteiger partial charge in [-0.15, -0.1) is 0 Å². The summed E-state index contributed by atoms with van der Waals surface area (Å²) in [4.78, 5) is 18.1. The molecular formula is C23H23N5O. The van der Waals surface area contributed by atoms with Crippen molar-refractivity contribution >= 4 is 16.6 Å². The van der Waals surface area contributed by atoms with E-state index in [1.165, 1.54) is 10.8 Å². The topological polar surface area (TPSA) is 58.3 Å². The third-order valence-electron chi connectivity index (χ3n) is 5.51. The number of rotatable bonds is 4. The first-order valence-electron chi connectivity index (χ1n) is 9.95. The highest BCUT2D eigenvalue weighted by Crippen LogP contribution is 2.26. The van der Waals surface area contributed by atoms with Gasteiger partial charge in [0.25, 0.3) is 0 Å². The van der Waals surface area contributed by atoms with Gasteiger partial charge in [0.1, 0.15) is 11.6 Å². The van der Waals surface area contributed by atoms with Crippen LogP contribution < -0.4 is 4.90 Å². The molecule has 6 nitrogen and oxygen atoms in total. The van der Waals surface area contributed by atoms with Crippen molar-refractivity contribution in [2.24, 2.45) is 0 Å². The summed E-state index contributed by atoms with van der Waals surface area (Å²) in [7, 11) is 0. The molecule has 1 saturated heterocycles. The van der Waals surface area contributed by atoms with E-state index < -0.39 is 0 Å². The summed E-state index contributed by atoms with van der Waals surface area (Å²) in [6.07, 6.45) is 5.28. The number of benzene rings is 2. The van der Waals surface area contributed by atoms with Gasteiger partial charge in [-0.25, -0.2) is 9.97 Å². The highest BCUT2D eigenvalue weighted by molar-refractivity contribution is 5.86. The van der Waals surface area contributed by atoms with E-state index in [4.69, 9.17) is 9.40 Å². The number of aryl methyl sites for hydroxylation is 1. The average Bonchev–Trinajstić information content (AvgIpc) is 3.15. The van der Waals surface area contributed by atoms with Gasteiger partial charge in [-0.2, -0.15) is 0 Å². The van der Waals surface area contributed by atoms with Crippen LogP contribution in [0.1, 0.15) is 11.5 Å². The smallest absolute Gasteiger partial charge is 0.226 e. The van der Waals surface area contributed by atoms with Crippen molar-refractivity contribution < 1.29 is 4.42 Å². The lowest BCUT2D eigenvalue weighted by Crippen LogP contribution is -2.46. The van der Waals surface area contributed by atoms with Gasteiger partial charge in [0.05, 0.1) is 11.9 Å². The fourth-order valence-corrected chi connectivity index (χ4v) is 3.82. The Morgan fingerprint density at radius 3 is 2.59 bits per heavy atom. The molecule has 146 valence electrons. The summed E-state index contributed by atoms with van der Waals surface area (Å²) in [5.41, 5.74) is 2.03. The van der Waals surface area contributed by atoms with E-state index >= 15 is 0 Å². The molecule has 6 heteroatoms. The molecule has 3 heterocycles. The van der Waals surface area contributed by atoms with Crippen LogP contribution >= 0.6 is 0 Å². The molecule has 5 rings (SSSR count). The zero-order chi connectivity index (χ0) is 19.6. The van der Waals surface area contributed by atoms with E-state index in [9.17, 15) is 0 Å². The van der Waals surface area contributed by atoms with Crippen molar-refractivity contribution in [2.75, 3.05) is 31.1 Å². The summed E-state index contributed by atoms with van der Waals surface area (Å²) in [6.45, 7) is 6.61. The van der Waals surface area contributed by atoms with Gasteiger partial charge in [0, 0.05) is 50.7 Å². The van der Waals surface area contributed by atoms with Crippen LogP contribution in [0.3, 0.4) is 0 Å². The lowest BCUT2D eigenvalue weighted by Gasteiger charge is -2.34. The van der Waals surface area contributed by atoms with Gasteiger partial charge in [-0.05, 0) is 29.8 Å². The van der Waals surface area contributed by atoms with Gasteiger partial charge >= 0.3 is 0 Å². The molecule has 0 aliphatic carbocycles. The Bertz CT molecular complexity index is 1120. The molecule has 0 radical (unpaired) electrons. The quantitative estimate of drug-likeness (QED) is 0.531. The highest BCUT2D eigenvalue weighted by atomic mass is 16.4. The van der Waals surface area contributed by atoms with Crippen LogP contribution in [0.15, 0.2) is 65.5 Å². The summed E-state index contributed by atoms with van der Waals surface area (Å²) in [5, 5.41) is 2.42. The van der Waals surface area contributed by atoms with Crippen LogP contribution in [0, 0.1) is 6.92 Å². The molecule has 0 N–H and O–H groups in total. The second-order valence-electron chi connectivity index (χ2n) is 7.41. The maximum atomic E-state index is 6.02. The highest BCUT2D eigenvalue weighted by Gasteiger charge is 2.21. The van der Waals surface area contributed by atoms with E-state index in [1.807, 2.05) is 13.1 Å². The number of aromatic nitrogens is 3. The Balaban J connectivity index is 1.28. The van der Waals surface area contributed by atoms with E-state index in [0.717, 1.165) is 55.6 Å². The monoisotopic (exact) mass is 385 g/mol. The molecule has 1 aliphatic rings. The van der Waals surface area contributed by atoms with Gasteiger partial charge in [0.2, 0.25) is 5.89 Å². The second-order valence-corrected chi connectivity index (χ2v) is 7.41. The van der Waals surface area contributed by atoms with Crippen molar-refractivity contribution in [1.29, 1.82) is 0 Å². The molecule has 2 aromatic heterocycles. The number of anilines is 1. The molecular weight excluding hydrogens is 362 g/mol. The molecule has 0 spiro atoms. The molecule has 0 amide bonds. The van der Waals surface area contributed by atoms with Gasteiger partial charge in [-0.3, -0.25) is 9.88 Å². The Morgan fingerprint density at radius 2 is 1.79 bits per heavy atom. The zero-order valence-corrected chi connectivity index (χ0v) is 16.5. The van der Waals surface area contributed by atoms with Crippen molar-refractivity contribution in [3.05, 3.63) is 72.5 Å². The number of nitrogens with zero attached hydrogens (tertiary/aromatic N) is 5. The Kier molecular flexibility index (Phi) is 4.69. The van der Waals surface area contributed by atoms with Crippen LogP contribution in [0.5, 0.6) is 0 Å². The van der Waals surface area contributed by atoms with E-state index in [-0.39, 0.29) is 0 Å². The van der Waals surface area contributed by atoms with E-state index in [0.29, 0.717) is 5.89 Å². The Labute approximate surface area is 169 Å². The number of hydrogen-bond acceptors (Lipinski definition) is 6. The van der Waals surface area contributed by atoms with Crippen molar-refractivity contribution in [3.8, 4) is 11.5 Å². The Morgan fingerprint density at radius 1 is 0.966 bits per heavy atom. The fraction of sp³-hybridized carbons (Fsp3) is 0.261. The molecule has 2 aromatic carbocycles. The zero-order valence-electron chi connectivity index (χ0n) is 16.5. The number of fused-ring (bicyclic) bond motifs is 1. The lowest BCUT2D eigenvalue weighted by atomic mass is 10.1. The summed E-state index contributed by atoms with van der Waals surface area (Å²) < 4.78 is 6.02. The molecule has 0 bridgehead atoms. The van der Waals surface area contributed by atoms with E-state index in [2.05, 4.69) is 62.2 Å². The number of oxazole rings is 1. The molecule has 0 atom stereocenters. The first-order chi connectivity index (χ1) is 14.3. The standard InChI is InChI=1S/C23H23N5O/c1-17-21(16-27-10-12-28(13-11-27)22-15-24-8-9-25-22)26-23(29-17)20-7-6-18-4-2-3-5-19(18)14-20/h2-9,14-15H,10-13,16H2,1H3. The normalized spacial score (nSPS) is 15.1. The van der Waals surface area contributed by atoms with Crippen molar-refractivity contribution in [2.45, 2.75) is 13.5 Å². The average molecular weight is 385 g/mol. The summed E-state index contributed by atoms with van der Waals surface area (Å²) in [5.74, 6) is 2.54. The van der Waals surface area contributed by atoms with Gasteiger partial charge < -0.3 is 9.32 Å². The van der Waals surface area contributed by atoms with Crippen molar-refractivity contribution in [1.82, 2.24) is 19.9 Å². The molecule has 1 fully saturated rings.